The van der Waals surface area contributed by atoms with E-state index in [9.17, 15) is 15.0 Å². The second-order valence-electron chi connectivity index (χ2n) is 6.10. The summed E-state index contributed by atoms with van der Waals surface area (Å²) in [6, 6.07) is 8.55. The zero-order chi connectivity index (χ0) is 17.6. The van der Waals surface area contributed by atoms with Crippen LogP contribution >= 0.6 is 0 Å². The summed E-state index contributed by atoms with van der Waals surface area (Å²) >= 11 is 0. The predicted octanol–water partition coefficient (Wildman–Crippen LogP) is 2.47. The minimum atomic E-state index is -1.06. The van der Waals surface area contributed by atoms with Gasteiger partial charge in [0.1, 0.15) is 0 Å². The summed E-state index contributed by atoms with van der Waals surface area (Å²) in [5.74, 6) is 0.773. The molecule has 25 heavy (non-hydrogen) atoms. The Bertz CT molecular complexity index is 976. The van der Waals surface area contributed by atoms with Crippen LogP contribution < -0.4 is 4.74 Å². The molecule has 1 aliphatic rings. The highest BCUT2D eigenvalue weighted by Gasteiger charge is 2.29. The van der Waals surface area contributed by atoms with E-state index in [-0.39, 0.29) is 12.2 Å². The van der Waals surface area contributed by atoms with Gasteiger partial charge in [0.15, 0.2) is 17.2 Å². The molecule has 7 heteroatoms. The SMILES string of the molecule is COc1ccc(-c2ccc(C(=O)O)c(CO)c2)n2nc(C3CC3)nc12. The van der Waals surface area contributed by atoms with Crippen LogP contribution in [-0.2, 0) is 6.61 Å². The molecule has 2 heterocycles. The lowest BCUT2D eigenvalue weighted by molar-refractivity contribution is 0.0693. The topological polar surface area (TPSA) is 97.0 Å². The number of aliphatic hydroxyl groups excluding tert-OH is 1. The van der Waals surface area contributed by atoms with Gasteiger partial charge in [0.2, 0.25) is 0 Å². The quantitative estimate of drug-likeness (QED) is 0.741. The van der Waals surface area contributed by atoms with E-state index >= 15 is 0 Å². The van der Waals surface area contributed by atoms with Gasteiger partial charge in [-0.2, -0.15) is 5.10 Å². The van der Waals surface area contributed by atoms with Gasteiger partial charge < -0.3 is 14.9 Å². The maximum Gasteiger partial charge on any atom is 0.336 e. The van der Waals surface area contributed by atoms with Crippen molar-refractivity contribution >= 4 is 11.6 Å². The molecule has 2 aromatic heterocycles. The molecule has 1 saturated carbocycles. The molecule has 1 aliphatic carbocycles. The lowest BCUT2D eigenvalue weighted by Crippen LogP contribution is -2.04. The Balaban J connectivity index is 1.90. The summed E-state index contributed by atoms with van der Waals surface area (Å²) in [7, 11) is 1.59. The maximum atomic E-state index is 11.3. The van der Waals surface area contributed by atoms with E-state index in [0.717, 1.165) is 29.9 Å². The molecular weight excluding hydrogens is 322 g/mol. The monoisotopic (exact) mass is 339 g/mol. The van der Waals surface area contributed by atoms with Crippen molar-refractivity contribution in [1.29, 1.82) is 0 Å². The fourth-order valence-corrected chi connectivity index (χ4v) is 2.94. The molecule has 0 radical (unpaired) electrons. The Morgan fingerprint density at radius 1 is 1.32 bits per heavy atom. The fraction of sp³-hybridized carbons (Fsp3) is 0.278. The molecular formula is C18H17N3O4. The minimum Gasteiger partial charge on any atom is -0.493 e. The summed E-state index contributed by atoms with van der Waals surface area (Å²) in [6.45, 7) is -0.348. The lowest BCUT2D eigenvalue weighted by atomic mass is 10.0. The zero-order valence-corrected chi connectivity index (χ0v) is 13.6. The Kier molecular flexibility index (Phi) is 3.65. The molecule has 0 aliphatic heterocycles. The van der Waals surface area contributed by atoms with Gasteiger partial charge in [-0.3, -0.25) is 0 Å². The van der Waals surface area contributed by atoms with Crippen LogP contribution in [0, 0.1) is 0 Å². The molecule has 0 unspecified atom stereocenters. The van der Waals surface area contributed by atoms with Gasteiger partial charge in [0, 0.05) is 11.5 Å². The number of fused-ring (bicyclic) bond motifs is 1. The van der Waals surface area contributed by atoms with Crippen LogP contribution in [0.5, 0.6) is 5.75 Å². The number of hydrogen-bond acceptors (Lipinski definition) is 5. The number of aliphatic hydroxyl groups is 1. The first-order chi connectivity index (χ1) is 12.1. The van der Waals surface area contributed by atoms with Crippen LogP contribution in [0.15, 0.2) is 30.3 Å². The van der Waals surface area contributed by atoms with Crippen LogP contribution in [0.4, 0.5) is 0 Å². The number of aromatic nitrogens is 3. The fourth-order valence-electron chi connectivity index (χ4n) is 2.94. The largest absolute Gasteiger partial charge is 0.493 e. The average Bonchev–Trinajstić information content (AvgIpc) is 3.38. The molecule has 3 aromatic rings. The molecule has 7 nitrogen and oxygen atoms in total. The van der Waals surface area contributed by atoms with Gasteiger partial charge in [-0.25, -0.2) is 14.3 Å². The zero-order valence-electron chi connectivity index (χ0n) is 13.6. The van der Waals surface area contributed by atoms with Crippen LogP contribution in [0.25, 0.3) is 16.9 Å². The van der Waals surface area contributed by atoms with Crippen LogP contribution in [0.1, 0.15) is 40.5 Å². The normalized spacial score (nSPS) is 14.0. The van der Waals surface area contributed by atoms with Gasteiger partial charge in [-0.15, -0.1) is 0 Å². The van der Waals surface area contributed by atoms with Gasteiger partial charge >= 0.3 is 5.97 Å². The molecule has 128 valence electrons. The molecule has 0 bridgehead atoms. The summed E-state index contributed by atoms with van der Waals surface area (Å²) in [5.41, 5.74) is 2.61. The molecule has 1 aromatic carbocycles. The Labute approximate surface area is 143 Å². The number of rotatable bonds is 5. The standard InChI is InChI=1S/C18H17N3O4/c1-25-15-7-6-14(21-17(15)19-16(20-21)10-2-3-10)11-4-5-13(18(23)24)12(8-11)9-22/h4-8,10,22H,2-3,9H2,1H3,(H,23,24). The van der Waals surface area contributed by atoms with Gasteiger partial charge in [0.05, 0.1) is 25.0 Å². The Morgan fingerprint density at radius 2 is 2.12 bits per heavy atom. The number of hydrogen-bond donors (Lipinski definition) is 2. The minimum absolute atomic E-state index is 0.0910. The van der Waals surface area contributed by atoms with Crippen molar-refractivity contribution in [2.24, 2.45) is 0 Å². The third kappa shape index (κ3) is 2.62. The van der Waals surface area contributed by atoms with Crippen molar-refractivity contribution < 1.29 is 19.7 Å². The van der Waals surface area contributed by atoms with Crippen molar-refractivity contribution in [2.45, 2.75) is 25.4 Å². The summed E-state index contributed by atoms with van der Waals surface area (Å²) < 4.78 is 7.11. The van der Waals surface area contributed by atoms with E-state index in [1.54, 1.807) is 23.8 Å². The highest BCUT2D eigenvalue weighted by molar-refractivity contribution is 5.90. The van der Waals surface area contributed by atoms with E-state index < -0.39 is 5.97 Å². The van der Waals surface area contributed by atoms with E-state index in [2.05, 4.69) is 10.1 Å². The van der Waals surface area contributed by atoms with E-state index in [0.29, 0.717) is 22.9 Å². The molecule has 2 N–H and O–H groups in total. The van der Waals surface area contributed by atoms with E-state index in [4.69, 9.17) is 4.74 Å². The summed E-state index contributed by atoms with van der Waals surface area (Å²) in [6.07, 6.45) is 2.19. The number of carboxylic acid groups (broad SMARTS) is 1. The van der Waals surface area contributed by atoms with Crippen LogP contribution in [0.3, 0.4) is 0 Å². The van der Waals surface area contributed by atoms with Gasteiger partial charge in [-0.05, 0) is 42.7 Å². The number of nitrogens with zero attached hydrogens (tertiary/aromatic N) is 3. The number of ether oxygens (including phenoxy) is 1. The second kappa shape index (κ2) is 5.86. The van der Waals surface area contributed by atoms with Crippen molar-refractivity contribution in [3.05, 3.63) is 47.3 Å². The molecule has 0 spiro atoms. The maximum absolute atomic E-state index is 11.3. The van der Waals surface area contributed by atoms with Gasteiger partial charge in [-0.1, -0.05) is 6.07 Å². The Morgan fingerprint density at radius 3 is 2.76 bits per heavy atom. The molecule has 4 rings (SSSR count). The average molecular weight is 339 g/mol. The molecule has 1 fully saturated rings. The molecule has 0 atom stereocenters. The number of aromatic carboxylic acids is 1. The highest BCUT2D eigenvalue weighted by Crippen LogP contribution is 2.39. The lowest BCUT2D eigenvalue weighted by Gasteiger charge is -2.10. The Hall–Kier alpha value is -2.93. The van der Waals surface area contributed by atoms with Crippen molar-refractivity contribution in [3.63, 3.8) is 0 Å². The molecule has 0 amide bonds. The number of carboxylic acids is 1. The number of benzene rings is 1. The van der Waals surface area contributed by atoms with Crippen LogP contribution in [0.2, 0.25) is 0 Å². The highest BCUT2D eigenvalue weighted by atomic mass is 16.5. The second-order valence-corrected chi connectivity index (χ2v) is 6.10. The van der Waals surface area contributed by atoms with Crippen molar-refractivity contribution in [3.8, 4) is 17.0 Å². The third-order valence-electron chi connectivity index (χ3n) is 4.43. The number of methoxy groups -OCH3 is 1. The summed E-state index contributed by atoms with van der Waals surface area (Å²) in [4.78, 5) is 15.9. The third-order valence-corrected chi connectivity index (χ3v) is 4.43. The van der Waals surface area contributed by atoms with Crippen LogP contribution in [-0.4, -0.2) is 37.9 Å². The van der Waals surface area contributed by atoms with Crippen molar-refractivity contribution in [1.82, 2.24) is 14.6 Å². The van der Waals surface area contributed by atoms with E-state index in [1.165, 1.54) is 6.07 Å². The van der Waals surface area contributed by atoms with Crippen molar-refractivity contribution in [2.75, 3.05) is 7.11 Å². The predicted molar refractivity (Wildman–Crippen MR) is 89.8 cm³/mol. The smallest absolute Gasteiger partial charge is 0.336 e. The van der Waals surface area contributed by atoms with Gasteiger partial charge in [0.25, 0.3) is 0 Å². The number of pyridine rings is 1. The summed E-state index contributed by atoms with van der Waals surface area (Å²) in [5, 5.41) is 23.3. The first-order valence-electron chi connectivity index (χ1n) is 8.03. The first-order valence-corrected chi connectivity index (χ1v) is 8.03. The molecule has 0 saturated heterocycles. The number of carbonyl (C=O) groups is 1. The van der Waals surface area contributed by atoms with E-state index in [1.807, 2.05) is 12.1 Å². The first kappa shape index (κ1) is 15.6.